The van der Waals surface area contributed by atoms with Crippen molar-refractivity contribution < 1.29 is 0 Å². The summed E-state index contributed by atoms with van der Waals surface area (Å²) in [5.74, 6) is 0. The molecule has 0 bridgehead atoms. The smallest absolute Gasteiger partial charge is 0.00745 e. The van der Waals surface area contributed by atoms with E-state index < -0.39 is 0 Å². The molecule has 24 heavy (non-hydrogen) atoms. The summed E-state index contributed by atoms with van der Waals surface area (Å²) in [6.07, 6.45) is 18.1. The third kappa shape index (κ3) is 13.6. The Morgan fingerprint density at radius 3 is 1.62 bits per heavy atom. The molecule has 0 saturated carbocycles. The lowest BCUT2D eigenvalue weighted by Crippen LogP contribution is -2.23. The fraction of sp³-hybridized carbons (Fsp3) is 0.727. The van der Waals surface area contributed by atoms with Gasteiger partial charge in [-0.15, -0.1) is 0 Å². The van der Waals surface area contributed by atoms with E-state index in [4.69, 9.17) is 5.73 Å². The predicted octanol–water partition coefficient (Wildman–Crippen LogP) is 5.46. The Hall–Kier alpha value is -0.860. The lowest BCUT2D eigenvalue weighted by molar-refractivity contribution is 0.534. The van der Waals surface area contributed by atoms with Crippen LogP contribution in [-0.2, 0) is 6.42 Å². The van der Waals surface area contributed by atoms with E-state index in [1.807, 2.05) is 0 Å². The molecule has 0 spiro atoms. The van der Waals surface area contributed by atoms with Crippen LogP contribution in [0.15, 0.2) is 30.3 Å². The number of nitrogens with two attached hydrogens (primary N) is 1. The van der Waals surface area contributed by atoms with Gasteiger partial charge in [-0.1, -0.05) is 94.5 Å². The van der Waals surface area contributed by atoms with Gasteiger partial charge in [-0.3, -0.25) is 0 Å². The molecule has 0 heterocycles. The Bertz CT molecular complexity index is 350. The average Bonchev–Trinajstić information content (AvgIpc) is 2.62. The van der Waals surface area contributed by atoms with E-state index in [1.165, 1.54) is 89.0 Å². The van der Waals surface area contributed by atoms with Crippen molar-refractivity contribution in [1.82, 2.24) is 5.32 Å². The lowest BCUT2D eigenvalue weighted by atomic mass is 10.0. The van der Waals surface area contributed by atoms with Crippen LogP contribution >= 0.6 is 0 Å². The van der Waals surface area contributed by atoms with Crippen LogP contribution in [-0.4, -0.2) is 19.6 Å². The van der Waals surface area contributed by atoms with Crippen molar-refractivity contribution >= 4 is 0 Å². The molecule has 0 fully saturated rings. The highest BCUT2D eigenvalue weighted by Crippen LogP contribution is 2.13. The molecule has 1 rings (SSSR count). The minimum atomic E-state index is 0.757. The summed E-state index contributed by atoms with van der Waals surface area (Å²) >= 11 is 0. The normalized spacial score (nSPS) is 11.0. The first-order valence-electron chi connectivity index (χ1n) is 10.4. The lowest BCUT2D eigenvalue weighted by Gasteiger charge is -2.04. The standard InChI is InChI=1S/C22H40N2/c23-19-21-24-20-15-10-8-6-4-2-1-3-5-7-9-12-16-22-17-13-11-14-18-22/h11,13-14,17-18,24H,1-10,12,15-16,19-21,23H2. The third-order valence-corrected chi connectivity index (χ3v) is 4.73. The highest BCUT2D eigenvalue weighted by molar-refractivity contribution is 5.14. The molecule has 0 saturated heterocycles. The van der Waals surface area contributed by atoms with Crippen LogP contribution < -0.4 is 11.1 Å². The third-order valence-electron chi connectivity index (χ3n) is 4.73. The van der Waals surface area contributed by atoms with Crippen LogP contribution in [0.25, 0.3) is 0 Å². The summed E-state index contributed by atoms with van der Waals surface area (Å²) in [6, 6.07) is 10.9. The fourth-order valence-corrected chi connectivity index (χ4v) is 3.22. The maximum absolute atomic E-state index is 5.44. The molecule has 138 valence electrons. The van der Waals surface area contributed by atoms with Gasteiger partial charge in [0.2, 0.25) is 0 Å². The first kappa shape index (κ1) is 21.2. The van der Waals surface area contributed by atoms with E-state index in [0.29, 0.717) is 0 Å². The molecule has 3 N–H and O–H groups in total. The maximum atomic E-state index is 5.44. The predicted molar refractivity (Wildman–Crippen MR) is 107 cm³/mol. The molecule has 0 atom stereocenters. The maximum Gasteiger partial charge on any atom is 0.00745 e. The molecule has 2 heteroatoms. The highest BCUT2D eigenvalue weighted by atomic mass is 14.9. The fourth-order valence-electron chi connectivity index (χ4n) is 3.22. The summed E-state index contributed by atoms with van der Waals surface area (Å²) in [6.45, 7) is 2.86. The average molecular weight is 333 g/mol. The zero-order valence-corrected chi connectivity index (χ0v) is 15.8. The van der Waals surface area contributed by atoms with E-state index >= 15 is 0 Å². The second-order valence-corrected chi connectivity index (χ2v) is 7.02. The molecule has 0 aromatic heterocycles. The van der Waals surface area contributed by atoms with Crippen LogP contribution in [0, 0.1) is 0 Å². The SMILES string of the molecule is NCCNCCCCCCCCCCCCCCc1ccccc1. The Morgan fingerprint density at radius 1 is 0.583 bits per heavy atom. The number of hydrogen-bond donors (Lipinski definition) is 2. The molecule has 1 aromatic carbocycles. The van der Waals surface area contributed by atoms with E-state index in [0.717, 1.165) is 19.6 Å². The summed E-state index contributed by atoms with van der Waals surface area (Å²) in [5, 5.41) is 3.36. The molecule has 0 aliphatic rings. The van der Waals surface area contributed by atoms with Crippen LogP contribution in [0.4, 0.5) is 0 Å². The van der Waals surface area contributed by atoms with Crippen molar-refractivity contribution in [3.8, 4) is 0 Å². The van der Waals surface area contributed by atoms with Crippen molar-refractivity contribution in [2.45, 2.75) is 83.5 Å². The van der Waals surface area contributed by atoms with Crippen molar-refractivity contribution in [3.63, 3.8) is 0 Å². The number of unbranched alkanes of at least 4 members (excludes halogenated alkanes) is 11. The van der Waals surface area contributed by atoms with Gasteiger partial charge >= 0.3 is 0 Å². The molecule has 1 aromatic rings. The molecule has 0 amide bonds. The number of aryl methyl sites for hydroxylation is 1. The topological polar surface area (TPSA) is 38.0 Å². The summed E-state index contributed by atoms with van der Waals surface area (Å²) in [5.41, 5.74) is 6.94. The number of nitrogens with one attached hydrogen (secondary N) is 1. The van der Waals surface area contributed by atoms with Crippen molar-refractivity contribution in [2.24, 2.45) is 5.73 Å². The van der Waals surface area contributed by atoms with Crippen LogP contribution in [0.3, 0.4) is 0 Å². The van der Waals surface area contributed by atoms with Gasteiger partial charge in [0.15, 0.2) is 0 Å². The Morgan fingerprint density at radius 2 is 1.08 bits per heavy atom. The minimum Gasteiger partial charge on any atom is -0.329 e. The first-order valence-corrected chi connectivity index (χ1v) is 10.4. The number of benzene rings is 1. The zero-order valence-electron chi connectivity index (χ0n) is 15.8. The van der Waals surface area contributed by atoms with Crippen LogP contribution in [0.2, 0.25) is 0 Å². The van der Waals surface area contributed by atoms with Gasteiger partial charge < -0.3 is 11.1 Å². The Kier molecular flexibility index (Phi) is 15.0. The molecule has 0 aliphatic heterocycles. The van der Waals surface area contributed by atoms with Gasteiger partial charge in [0, 0.05) is 13.1 Å². The Balaban J connectivity index is 1.70. The summed E-state index contributed by atoms with van der Waals surface area (Å²) in [7, 11) is 0. The molecular weight excluding hydrogens is 292 g/mol. The van der Waals surface area contributed by atoms with Crippen LogP contribution in [0.5, 0.6) is 0 Å². The van der Waals surface area contributed by atoms with Crippen molar-refractivity contribution in [1.29, 1.82) is 0 Å². The van der Waals surface area contributed by atoms with Gasteiger partial charge in [0.05, 0.1) is 0 Å². The number of hydrogen-bond acceptors (Lipinski definition) is 2. The monoisotopic (exact) mass is 332 g/mol. The molecular formula is C22H40N2. The quantitative estimate of drug-likeness (QED) is 0.372. The zero-order chi connectivity index (χ0) is 17.1. The van der Waals surface area contributed by atoms with Crippen LogP contribution in [0.1, 0.15) is 82.6 Å². The molecule has 0 aliphatic carbocycles. The Labute approximate surface area is 150 Å². The number of rotatable bonds is 17. The van der Waals surface area contributed by atoms with E-state index in [2.05, 4.69) is 35.6 Å². The second-order valence-electron chi connectivity index (χ2n) is 7.02. The highest BCUT2D eigenvalue weighted by Gasteiger charge is 1.95. The van der Waals surface area contributed by atoms with Gasteiger partial charge in [-0.25, -0.2) is 0 Å². The molecule has 0 radical (unpaired) electrons. The van der Waals surface area contributed by atoms with Crippen molar-refractivity contribution in [3.05, 3.63) is 35.9 Å². The minimum absolute atomic E-state index is 0.757. The van der Waals surface area contributed by atoms with E-state index in [1.54, 1.807) is 0 Å². The summed E-state index contributed by atoms with van der Waals surface area (Å²) in [4.78, 5) is 0. The van der Waals surface area contributed by atoms with Gasteiger partial charge in [0.1, 0.15) is 0 Å². The molecule has 0 unspecified atom stereocenters. The first-order chi connectivity index (χ1) is 11.9. The van der Waals surface area contributed by atoms with Crippen molar-refractivity contribution in [2.75, 3.05) is 19.6 Å². The van der Waals surface area contributed by atoms with E-state index in [-0.39, 0.29) is 0 Å². The largest absolute Gasteiger partial charge is 0.329 e. The van der Waals surface area contributed by atoms with Gasteiger partial charge in [-0.05, 0) is 31.4 Å². The molecule has 2 nitrogen and oxygen atoms in total. The van der Waals surface area contributed by atoms with Gasteiger partial charge in [-0.2, -0.15) is 0 Å². The van der Waals surface area contributed by atoms with Gasteiger partial charge in [0.25, 0.3) is 0 Å². The second kappa shape index (κ2) is 17.0. The van der Waals surface area contributed by atoms with E-state index in [9.17, 15) is 0 Å². The summed E-state index contributed by atoms with van der Waals surface area (Å²) < 4.78 is 0.